The molecular formula is C29H20N2. The normalized spacial score (nSPS) is 12.0. The number of rotatable bonds is 1. The Labute approximate surface area is 179 Å². The van der Waals surface area contributed by atoms with Crippen LogP contribution in [0.2, 0.25) is 0 Å². The van der Waals surface area contributed by atoms with E-state index in [2.05, 4.69) is 119 Å². The second kappa shape index (κ2) is 5.99. The van der Waals surface area contributed by atoms with Gasteiger partial charge in [-0.25, -0.2) is 0 Å². The lowest BCUT2D eigenvalue weighted by Crippen LogP contribution is -1.93. The molecule has 0 aliphatic carbocycles. The Hall–Kier alpha value is -4.04. The molecule has 2 aromatic heterocycles. The van der Waals surface area contributed by atoms with Gasteiger partial charge in [-0.05, 0) is 47.2 Å². The highest BCUT2D eigenvalue weighted by atomic mass is 15.0. The molecular weight excluding hydrogens is 376 g/mol. The van der Waals surface area contributed by atoms with Crippen LogP contribution in [0.15, 0.2) is 103 Å². The van der Waals surface area contributed by atoms with Gasteiger partial charge in [0.15, 0.2) is 0 Å². The molecule has 0 aliphatic heterocycles. The summed E-state index contributed by atoms with van der Waals surface area (Å²) in [6, 6.07) is 37.3. The Kier molecular flexibility index (Phi) is 3.23. The summed E-state index contributed by atoms with van der Waals surface area (Å²) >= 11 is 0. The van der Waals surface area contributed by atoms with Gasteiger partial charge in [0.25, 0.3) is 0 Å². The van der Waals surface area contributed by atoms with E-state index in [0.29, 0.717) is 0 Å². The van der Waals surface area contributed by atoms with E-state index in [0.717, 1.165) is 0 Å². The van der Waals surface area contributed by atoms with E-state index in [1.165, 1.54) is 60.1 Å². The number of aryl methyl sites for hydroxylation is 1. The first-order chi connectivity index (χ1) is 15.3. The van der Waals surface area contributed by atoms with Crippen LogP contribution in [-0.2, 0) is 7.05 Å². The number of hydrogen-bond donors (Lipinski definition) is 0. The third-order valence-corrected chi connectivity index (χ3v) is 6.68. The van der Waals surface area contributed by atoms with Crippen LogP contribution >= 0.6 is 0 Å². The zero-order valence-corrected chi connectivity index (χ0v) is 17.2. The second-order valence-electron chi connectivity index (χ2n) is 8.32. The van der Waals surface area contributed by atoms with E-state index in [-0.39, 0.29) is 0 Å². The Balaban J connectivity index is 1.73. The quantitative estimate of drug-likeness (QED) is 0.271. The zero-order chi connectivity index (χ0) is 20.5. The average molecular weight is 396 g/mol. The molecule has 146 valence electrons. The van der Waals surface area contributed by atoms with E-state index in [1.54, 1.807) is 0 Å². The first-order valence-corrected chi connectivity index (χ1v) is 10.7. The van der Waals surface area contributed by atoms with Crippen molar-refractivity contribution in [1.29, 1.82) is 0 Å². The molecule has 2 heterocycles. The van der Waals surface area contributed by atoms with E-state index < -0.39 is 0 Å². The Morgan fingerprint density at radius 2 is 1.23 bits per heavy atom. The molecule has 0 atom stereocenters. The summed E-state index contributed by atoms with van der Waals surface area (Å²) in [7, 11) is 2.20. The summed E-state index contributed by atoms with van der Waals surface area (Å²) in [6.45, 7) is 0. The first kappa shape index (κ1) is 16.7. The minimum Gasteiger partial charge on any atom is -0.343 e. The molecule has 0 radical (unpaired) electrons. The fourth-order valence-electron chi connectivity index (χ4n) is 5.31. The minimum absolute atomic E-state index is 1.19. The van der Waals surface area contributed by atoms with Gasteiger partial charge in [0.05, 0.1) is 16.6 Å². The van der Waals surface area contributed by atoms with Crippen LogP contribution in [-0.4, -0.2) is 9.13 Å². The second-order valence-corrected chi connectivity index (χ2v) is 8.32. The summed E-state index contributed by atoms with van der Waals surface area (Å²) in [5.74, 6) is 0. The smallest absolute Gasteiger partial charge is 0.0590 e. The van der Waals surface area contributed by atoms with Crippen molar-refractivity contribution >= 4 is 54.4 Å². The molecule has 5 aromatic carbocycles. The van der Waals surface area contributed by atoms with Gasteiger partial charge < -0.3 is 9.13 Å². The highest BCUT2D eigenvalue weighted by molar-refractivity contribution is 6.26. The Morgan fingerprint density at radius 1 is 0.516 bits per heavy atom. The summed E-state index contributed by atoms with van der Waals surface area (Å²) in [5.41, 5.74) is 6.26. The van der Waals surface area contributed by atoms with Gasteiger partial charge >= 0.3 is 0 Å². The minimum atomic E-state index is 1.19. The molecule has 0 bridgehead atoms. The molecule has 2 nitrogen and oxygen atoms in total. The van der Waals surface area contributed by atoms with E-state index >= 15 is 0 Å². The van der Waals surface area contributed by atoms with Crippen molar-refractivity contribution in [3.8, 4) is 5.69 Å². The summed E-state index contributed by atoms with van der Waals surface area (Å²) in [5, 5.41) is 7.81. The zero-order valence-electron chi connectivity index (χ0n) is 17.2. The van der Waals surface area contributed by atoms with Crippen LogP contribution in [0.4, 0.5) is 0 Å². The molecule has 0 saturated carbocycles. The van der Waals surface area contributed by atoms with Crippen LogP contribution in [0, 0.1) is 0 Å². The monoisotopic (exact) mass is 396 g/mol. The molecule has 0 unspecified atom stereocenters. The van der Waals surface area contributed by atoms with Crippen LogP contribution in [0.3, 0.4) is 0 Å². The number of nitrogens with zero attached hydrogens (tertiary/aromatic N) is 2. The molecule has 0 N–H and O–H groups in total. The van der Waals surface area contributed by atoms with Gasteiger partial charge in [-0.2, -0.15) is 0 Å². The van der Waals surface area contributed by atoms with Crippen molar-refractivity contribution < 1.29 is 0 Å². The van der Waals surface area contributed by atoms with Crippen molar-refractivity contribution in [3.63, 3.8) is 0 Å². The van der Waals surface area contributed by atoms with Crippen molar-refractivity contribution in [1.82, 2.24) is 9.13 Å². The van der Waals surface area contributed by atoms with E-state index in [4.69, 9.17) is 0 Å². The number of hydrogen-bond acceptors (Lipinski definition) is 0. The van der Waals surface area contributed by atoms with Crippen LogP contribution in [0.5, 0.6) is 0 Å². The van der Waals surface area contributed by atoms with Gasteiger partial charge in [0.1, 0.15) is 0 Å². The predicted octanol–water partition coefficient (Wildman–Crippen LogP) is 7.58. The highest BCUT2D eigenvalue weighted by Gasteiger charge is 2.18. The van der Waals surface area contributed by atoms with Crippen LogP contribution in [0.1, 0.15) is 0 Å². The Bertz CT molecular complexity index is 1780. The number of para-hydroxylation sites is 2. The number of aromatic nitrogens is 2. The SMILES string of the molecule is Cn1c2cc3ccccc3cc2c2ccc3c(c4ccccc4n3-c3ccccc3)c21. The lowest BCUT2D eigenvalue weighted by Gasteiger charge is -2.07. The van der Waals surface area contributed by atoms with Gasteiger partial charge in [-0.1, -0.05) is 66.7 Å². The molecule has 7 rings (SSSR count). The molecule has 0 aliphatic rings. The maximum Gasteiger partial charge on any atom is 0.0590 e. The van der Waals surface area contributed by atoms with E-state index in [9.17, 15) is 0 Å². The molecule has 31 heavy (non-hydrogen) atoms. The number of benzene rings is 5. The van der Waals surface area contributed by atoms with Gasteiger partial charge in [0, 0.05) is 39.8 Å². The Morgan fingerprint density at radius 3 is 2.06 bits per heavy atom. The van der Waals surface area contributed by atoms with E-state index in [1.807, 2.05) is 0 Å². The van der Waals surface area contributed by atoms with Crippen molar-refractivity contribution in [2.75, 3.05) is 0 Å². The van der Waals surface area contributed by atoms with Crippen molar-refractivity contribution in [2.45, 2.75) is 0 Å². The van der Waals surface area contributed by atoms with Gasteiger partial charge in [-0.3, -0.25) is 0 Å². The molecule has 2 heteroatoms. The largest absolute Gasteiger partial charge is 0.343 e. The summed E-state index contributed by atoms with van der Waals surface area (Å²) in [4.78, 5) is 0. The fraction of sp³-hybridized carbons (Fsp3) is 0.0345. The molecule has 0 amide bonds. The maximum atomic E-state index is 2.39. The summed E-state index contributed by atoms with van der Waals surface area (Å²) in [6.07, 6.45) is 0. The van der Waals surface area contributed by atoms with Gasteiger partial charge in [-0.15, -0.1) is 0 Å². The summed E-state index contributed by atoms with van der Waals surface area (Å²) < 4.78 is 4.76. The fourth-order valence-corrected chi connectivity index (χ4v) is 5.31. The van der Waals surface area contributed by atoms with Gasteiger partial charge in [0.2, 0.25) is 0 Å². The standard InChI is InChI=1S/C29H20N2/c1-30-27-18-20-10-6-5-9-19(20)17-24(27)22-15-16-26-28(29(22)30)23-13-7-8-14-25(23)31(26)21-11-3-2-4-12-21/h2-18H,1H3. The first-order valence-electron chi connectivity index (χ1n) is 10.7. The molecule has 0 spiro atoms. The van der Waals surface area contributed by atoms with Crippen LogP contribution in [0.25, 0.3) is 60.1 Å². The lowest BCUT2D eigenvalue weighted by molar-refractivity contribution is 1.02. The number of fused-ring (bicyclic) bond motifs is 8. The van der Waals surface area contributed by atoms with Crippen LogP contribution < -0.4 is 0 Å². The lowest BCUT2D eigenvalue weighted by atomic mass is 10.0. The maximum absolute atomic E-state index is 2.39. The molecule has 0 fully saturated rings. The van der Waals surface area contributed by atoms with Crippen molar-refractivity contribution in [3.05, 3.63) is 103 Å². The van der Waals surface area contributed by atoms with Crippen molar-refractivity contribution in [2.24, 2.45) is 7.05 Å². The topological polar surface area (TPSA) is 9.86 Å². The average Bonchev–Trinajstić information content (AvgIpc) is 3.30. The predicted molar refractivity (Wildman–Crippen MR) is 132 cm³/mol. The molecule has 0 saturated heterocycles. The third-order valence-electron chi connectivity index (χ3n) is 6.68. The third kappa shape index (κ3) is 2.17. The molecule has 7 aromatic rings. The highest BCUT2D eigenvalue weighted by Crippen LogP contribution is 2.40.